The summed E-state index contributed by atoms with van der Waals surface area (Å²) < 4.78 is 15.3. The monoisotopic (exact) mass is 341 g/mol. The van der Waals surface area contributed by atoms with Crippen molar-refractivity contribution >= 4 is 17.4 Å². The van der Waals surface area contributed by atoms with Gasteiger partial charge in [0, 0.05) is 22.9 Å². The highest BCUT2D eigenvalue weighted by atomic mass is 19.1. The first-order valence-electron chi connectivity index (χ1n) is 8.14. The highest BCUT2D eigenvalue weighted by molar-refractivity contribution is 5.92. The number of fused-ring (bicyclic) bond motifs is 1. The van der Waals surface area contributed by atoms with Gasteiger partial charge in [0.05, 0.1) is 12.1 Å². The van der Waals surface area contributed by atoms with Crippen LogP contribution in [0, 0.1) is 19.7 Å². The Bertz CT molecular complexity index is 948. The average molecular weight is 341 g/mol. The Morgan fingerprint density at radius 3 is 2.64 bits per heavy atom. The van der Waals surface area contributed by atoms with Crippen LogP contribution < -0.4 is 5.32 Å². The molecule has 0 saturated carbocycles. The molecular formula is C18H20FN5O. The first-order valence-corrected chi connectivity index (χ1v) is 8.14. The summed E-state index contributed by atoms with van der Waals surface area (Å²) in [4.78, 5) is 21.2. The number of para-hydroxylation sites is 1. The van der Waals surface area contributed by atoms with E-state index in [9.17, 15) is 9.18 Å². The largest absolute Gasteiger partial charge is 0.323 e. The molecule has 1 N–H and O–H groups in total. The predicted molar refractivity (Wildman–Crippen MR) is 93.1 cm³/mol. The molecule has 130 valence electrons. The van der Waals surface area contributed by atoms with Gasteiger partial charge in [-0.15, -0.1) is 5.10 Å². The van der Waals surface area contributed by atoms with Crippen LogP contribution in [0.15, 0.2) is 24.3 Å². The van der Waals surface area contributed by atoms with Gasteiger partial charge in [0.25, 0.3) is 5.78 Å². The van der Waals surface area contributed by atoms with Gasteiger partial charge in [-0.3, -0.25) is 4.79 Å². The molecule has 0 fully saturated rings. The van der Waals surface area contributed by atoms with Crippen LogP contribution in [0.25, 0.3) is 5.78 Å². The number of carbonyl (C=O) groups is 1. The fourth-order valence-corrected chi connectivity index (χ4v) is 2.64. The van der Waals surface area contributed by atoms with Crippen molar-refractivity contribution in [2.45, 2.75) is 40.0 Å². The van der Waals surface area contributed by atoms with Crippen LogP contribution >= 0.6 is 0 Å². The highest BCUT2D eigenvalue weighted by Crippen LogP contribution is 2.18. The van der Waals surface area contributed by atoms with Crippen molar-refractivity contribution in [1.29, 1.82) is 0 Å². The third-order valence-corrected chi connectivity index (χ3v) is 4.07. The number of nitrogens with zero attached hydrogens (tertiary/aromatic N) is 4. The Morgan fingerprint density at radius 2 is 1.96 bits per heavy atom. The third kappa shape index (κ3) is 3.35. The second-order valence-corrected chi connectivity index (χ2v) is 6.30. The number of nitrogens with one attached hydrogen (secondary N) is 1. The quantitative estimate of drug-likeness (QED) is 0.791. The first kappa shape index (κ1) is 17.0. The first-order chi connectivity index (χ1) is 11.9. The van der Waals surface area contributed by atoms with Crippen LogP contribution in [-0.2, 0) is 11.2 Å². The molecule has 25 heavy (non-hydrogen) atoms. The summed E-state index contributed by atoms with van der Waals surface area (Å²) in [5, 5.41) is 7.07. The second-order valence-electron chi connectivity index (χ2n) is 6.30. The van der Waals surface area contributed by atoms with Gasteiger partial charge in [0.15, 0.2) is 5.82 Å². The SMILES string of the molecule is Cc1nc2nc(C(C)C)nn2c(C)c1CC(=O)Nc1ccccc1F. The summed E-state index contributed by atoms with van der Waals surface area (Å²) in [7, 11) is 0. The van der Waals surface area contributed by atoms with E-state index in [2.05, 4.69) is 20.4 Å². The molecule has 6 nitrogen and oxygen atoms in total. The van der Waals surface area contributed by atoms with E-state index >= 15 is 0 Å². The van der Waals surface area contributed by atoms with E-state index in [0.717, 1.165) is 17.0 Å². The van der Waals surface area contributed by atoms with E-state index in [4.69, 9.17) is 0 Å². The van der Waals surface area contributed by atoms with Gasteiger partial charge in [0.1, 0.15) is 5.82 Å². The van der Waals surface area contributed by atoms with Crippen LogP contribution in [-0.4, -0.2) is 25.5 Å². The van der Waals surface area contributed by atoms with Crippen LogP contribution in [0.2, 0.25) is 0 Å². The minimum atomic E-state index is -0.462. The molecule has 0 aliphatic rings. The number of hydrogen-bond donors (Lipinski definition) is 1. The summed E-state index contributed by atoms with van der Waals surface area (Å²) >= 11 is 0. The molecule has 0 radical (unpaired) electrons. The molecule has 1 aromatic carbocycles. The molecule has 3 rings (SSSR count). The van der Waals surface area contributed by atoms with E-state index < -0.39 is 5.82 Å². The van der Waals surface area contributed by atoms with E-state index in [-0.39, 0.29) is 23.9 Å². The van der Waals surface area contributed by atoms with Crippen molar-refractivity contribution in [1.82, 2.24) is 19.6 Å². The van der Waals surface area contributed by atoms with Crippen LogP contribution in [0.1, 0.15) is 42.5 Å². The number of carbonyl (C=O) groups excluding carboxylic acids is 1. The number of amides is 1. The van der Waals surface area contributed by atoms with E-state index in [1.165, 1.54) is 12.1 Å². The number of aromatic nitrogens is 4. The molecule has 1 amide bonds. The topological polar surface area (TPSA) is 72.2 Å². The average Bonchev–Trinajstić information content (AvgIpc) is 2.98. The summed E-state index contributed by atoms with van der Waals surface area (Å²) in [6.45, 7) is 7.74. The van der Waals surface area contributed by atoms with Crippen molar-refractivity contribution in [3.63, 3.8) is 0 Å². The van der Waals surface area contributed by atoms with Gasteiger partial charge in [0.2, 0.25) is 5.91 Å². The summed E-state index contributed by atoms with van der Waals surface area (Å²) in [6, 6.07) is 6.09. The summed E-state index contributed by atoms with van der Waals surface area (Å²) in [5.74, 6) is 0.659. The van der Waals surface area contributed by atoms with Crippen LogP contribution in [0.5, 0.6) is 0 Å². The third-order valence-electron chi connectivity index (χ3n) is 4.07. The molecule has 7 heteroatoms. The molecule has 0 spiro atoms. The molecule has 0 unspecified atom stereocenters. The lowest BCUT2D eigenvalue weighted by Gasteiger charge is -2.11. The smallest absolute Gasteiger partial charge is 0.252 e. The molecular weight excluding hydrogens is 321 g/mol. The summed E-state index contributed by atoms with van der Waals surface area (Å²) in [5.41, 5.74) is 2.46. The van der Waals surface area contributed by atoms with Gasteiger partial charge < -0.3 is 5.32 Å². The molecule has 2 heterocycles. The number of halogens is 1. The lowest BCUT2D eigenvalue weighted by Crippen LogP contribution is -2.18. The van der Waals surface area contributed by atoms with E-state index in [0.29, 0.717) is 11.6 Å². The number of rotatable bonds is 4. The number of benzene rings is 1. The summed E-state index contributed by atoms with van der Waals surface area (Å²) in [6.07, 6.45) is 0.0891. The Hall–Kier alpha value is -2.83. The van der Waals surface area contributed by atoms with Gasteiger partial charge in [-0.05, 0) is 26.0 Å². The lowest BCUT2D eigenvalue weighted by atomic mass is 10.1. The minimum Gasteiger partial charge on any atom is -0.323 e. The van der Waals surface area contributed by atoms with Gasteiger partial charge in [-0.1, -0.05) is 26.0 Å². The van der Waals surface area contributed by atoms with Crippen LogP contribution in [0.3, 0.4) is 0 Å². The van der Waals surface area contributed by atoms with Gasteiger partial charge in [-0.25, -0.2) is 13.9 Å². The van der Waals surface area contributed by atoms with Crippen molar-refractivity contribution in [2.75, 3.05) is 5.32 Å². The maximum Gasteiger partial charge on any atom is 0.252 e. The van der Waals surface area contributed by atoms with E-state index in [1.807, 2.05) is 27.7 Å². The van der Waals surface area contributed by atoms with Crippen molar-refractivity contribution in [3.8, 4) is 0 Å². The minimum absolute atomic E-state index is 0.0891. The van der Waals surface area contributed by atoms with Gasteiger partial charge in [-0.2, -0.15) is 4.98 Å². The standard InChI is InChI=1S/C18H20FN5O/c1-10(2)17-22-18-20-11(3)13(12(4)24(18)23-17)9-16(25)21-15-8-6-5-7-14(15)19/h5-8,10H,9H2,1-4H3,(H,21,25). The van der Waals surface area contributed by atoms with E-state index in [1.54, 1.807) is 16.6 Å². The van der Waals surface area contributed by atoms with Crippen molar-refractivity contribution in [2.24, 2.45) is 0 Å². The Kier molecular flexibility index (Phi) is 4.48. The molecule has 3 aromatic rings. The number of aryl methyl sites for hydroxylation is 2. The molecule has 2 aromatic heterocycles. The normalized spacial score (nSPS) is 11.3. The molecule has 0 atom stereocenters. The zero-order valence-electron chi connectivity index (χ0n) is 14.7. The molecule has 0 aliphatic heterocycles. The second kappa shape index (κ2) is 6.58. The molecule has 0 bridgehead atoms. The Balaban J connectivity index is 1.90. The zero-order chi connectivity index (χ0) is 18.1. The molecule has 0 saturated heterocycles. The van der Waals surface area contributed by atoms with Crippen molar-refractivity contribution in [3.05, 3.63) is 52.9 Å². The Labute approximate surface area is 145 Å². The zero-order valence-corrected chi connectivity index (χ0v) is 14.7. The maximum atomic E-state index is 13.7. The number of hydrogen-bond acceptors (Lipinski definition) is 4. The highest BCUT2D eigenvalue weighted by Gasteiger charge is 2.17. The molecule has 0 aliphatic carbocycles. The van der Waals surface area contributed by atoms with Crippen LogP contribution in [0.4, 0.5) is 10.1 Å². The fraction of sp³-hybridized carbons (Fsp3) is 0.333. The van der Waals surface area contributed by atoms with Crippen molar-refractivity contribution < 1.29 is 9.18 Å². The lowest BCUT2D eigenvalue weighted by molar-refractivity contribution is -0.115. The fourth-order valence-electron chi connectivity index (χ4n) is 2.64. The Morgan fingerprint density at radius 1 is 1.24 bits per heavy atom. The number of anilines is 1. The maximum absolute atomic E-state index is 13.7. The predicted octanol–water partition coefficient (Wildman–Crippen LogP) is 3.18. The van der Waals surface area contributed by atoms with Gasteiger partial charge >= 0.3 is 0 Å².